The van der Waals surface area contributed by atoms with E-state index in [1.54, 1.807) is 13.2 Å². The predicted molar refractivity (Wildman–Crippen MR) is 63.2 cm³/mol. The van der Waals surface area contributed by atoms with Crippen molar-refractivity contribution in [1.82, 2.24) is 5.43 Å². The van der Waals surface area contributed by atoms with Gasteiger partial charge in [-0.3, -0.25) is 5.84 Å². The van der Waals surface area contributed by atoms with Crippen molar-refractivity contribution in [1.29, 1.82) is 0 Å². The van der Waals surface area contributed by atoms with Crippen molar-refractivity contribution in [2.45, 2.75) is 6.04 Å². The maximum Gasteiger partial charge on any atom is 0.152 e. The zero-order valence-corrected chi connectivity index (χ0v) is 9.62. The standard InChI is InChI=1S/C11H13ClN2O2/c1-15-6-9(14-13)10-5-7-3-2-4-8(12)11(7)16-10/h2-5,9,14H,6,13H2,1H3. The third-order valence-corrected chi connectivity index (χ3v) is 2.69. The lowest BCUT2D eigenvalue weighted by Gasteiger charge is -2.11. The van der Waals surface area contributed by atoms with Crippen LogP contribution in [0.25, 0.3) is 11.0 Å². The van der Waals surface area contributed by atoms with E-state index in [0.29, 0.717) is 23.0 Å². The molecule has 1 aromatic carbocycles. The Balaban J connectivity index is 2.42. The lowest BCUT2D eigenvalue weighted by molar-refractivity contribution is 0.158. The second-order valence-corrected chi connectivity index (χ2v) is 3.89. The minimum Gasteiger partial charge on any atom is -0.458 e. The Morgan fingerprint density at radius 3 is 3.00 bits per heavy atom. The van der Waals surface area contributed by atoms with Crippen molar-refractivity contribution in [3.63, 3.8) is 0 Å². The van der Waals surface area contributed by atoms with Gasteiger partial charge in [-0.1, -0.05) is 23.7 Å². The van der Waals surface area contributed by atoms with Crippen LogP contribution in [0.2, 0.25) is 5.02 Å². The lowest BCUT2D eigenvalue weighted by atomic mass is 10.2. The smallest absolute Gasteiger partial charge is 0.152 e. The van der Waals surface area contributed by atoms with Crippen LogP contribution < -0.4 is 11.3 Å². The summed E-state index contributed by atoms with van der Waals surface area (Å²) in [7, 11) is 1.61. The molecule has 0 aliphatic rings. The average Bonchev–Trinajstić information content (AvgIpc) is 2.71. The Labute approximate surface area is 98.3 Å². The first-order valence-corrected chi connectivity index (χ1v) is 5.27. The number of methoxy groups -OCH3 is 1. The molecular formula is C11H13ClN2O2. The first-order chi connectivity index (χ1) is 7.76. The van der Waals surface area contributed by atoms with Crippen LogP contribution in [0.3, 0.4) is 0 Å². The largest absolute Gasteiger partial charge is 0.458 e. The Bertz CT molecular complexity index is 484. The van der Waals surface area contributed by atoms with Gasteiger partial charge in [-0.05, 0) is 12.1 Å². The van der Waals surface area contributed by atoms with Gasteiger partial charge in [-0.25, -0.2) is 5.43 Å². The highest BCUT2D eigenvalue weighted by Crippen LogP contribution is 2.29. The first-order valence-electron chi connectivity index (χ1n) is 4.89. The normalized spacial score (nSPS) is 13.2. The van der Waals surface area contributed by atoms with Crippen molar-refractivity contribution >= 4 is 22.6 Å². The van der Waals surface area contributed by atoms with Gasteiger partial charge in [0, 0.05) is 12.5 Å². The Morgan fingerprint density at radius 2 is 2.38 bits per heavy atom. The molecule has 0 aliphatic carbocycles. The highest BCUT2D eigenvalue weighted by molar-refractivity contribution is 6.34. The fraction of sp³-hybridized carbons (Fsp3) is 0.273. The van der Waals surface area contributed by atoms with Crippen LogP contribution in [0, 0.1) is 0 Å². The summed E-state index contributed by atoms with van der Waals surface area (Å²) >= 11 is 6.02. The number of halogens is 1. The van der Waals surface area contributed by atoms with E-state index in [-0.39, 0.29) is 6.04 Å². The van der Waals surface area contributed by atoms with Gasteiger partial charge in [0.05, 0.1) is 11.6 Å². The SMILES string of the molecule is COCC(NN)c1cc2cccc(Cl)c2o1. The molecule has 2 aromatic rings. The van der Waals surface area contributed by atoms with E-state index >= 15 is 0 Å². The molecule has 1 unspecified atom stereocenters. The molecule has 5 heteroatoms. The first kappa shape index (κ1) is 11.4. The summed E-state index contributed by atoms with van der Waals surface area (Å²) in [6.07, 6.45) is 0. The number of fused-ring (bicyclic) bond motifs is 1. The number of rotatable bonds is 4. The molecule has 0 bridgehead atoms. The maximum atomic E-state index is 6.02. The van der Waals surface area contributed by atoms with E-state index in [9.17, 15) is 0 Å². The number of benzene rings is 1. The molecule has 1 heterocycles. The van der Waals surface area contributed by atoms with E-state index in [2.05, 4.69) is 5.43 Å². The zero-order valence-electron chi connectivity index (χ0n) is 8.87. The van der Waals surface area contributed by atoms with Gasteiger partial charge in [0.15, 0.2) is 5.58 Å². The molecular weight excluding hydrogens is 228 g/mol. The number of hydrogen-bond donors (Lipinski definition) is 2. The number of hydrazine groups is 1. The van der Waals surface area contributed by atoms with Crippen LogP contribution in [-0.2, 0) is 4.74 Å². The van der Waals surface area contributed by atoms with Gasteiger partial charge in [0.2, 0.25) is 0 Å². The van der Waals surface area contributed by atoms with Gasteiger partial charge < -0.3 is 9.15 Å². The van der Waals surface area contributed by atoms with E-state index in [4.69, 9.17) is 26.6 Å². The van der Waals surface area contributed by atoms with Crippen LogP contribution in [-0.4, -0.2) is 13.7 Å². The highest BCUT2D eigenvalue weighted by Gasteiger charge is 2.15. The summed E-state index contributed by atoms with van der Waals surface area (Å²) in [5.41, 5.74) is 3.31. The molecule has 1 aromatic heterocycles. The summed E-state index contributed by atoms with van der Waals surface area (Å²) < 4.78 is 10.7. The summed E-state index contributed by atoms with van der Waals surface area (Å²) in [5.74, 6) is 6.14. The summed E-state index contributed by atoms with van der Waals surface area (Å²) in [6, 6.07) is 7.34. The van der Waals surface area contributed by atoms with E-state index in [1.807, 2.05) is 18.2 Å². The van der Waals surface area contributed by atoms with E-state index in [1.165, 1.54) is 0 Å². The highest BCUT2D eigenvalue weighted by atomic mass is 35.5. The number of ether oxygens (including phenoxy) is 1. The second-order valence-electron chi connectivity index (χ2n) is 3.48. The van der Waals surface area contributed by atoms with E-state index in [0.717, 1.165) is 5.39 Å². The average molecular weight is 241 g/mol. The number of hydrogen-bond acceptors (Lipinski definition) is 4. The topological polar surface area (TPSA) is 60.4 Å². The molecule has 0 saturated carbocycles. The zero-order chi connectivity index (χ0) is 11.5. The van der Waals surface area contributed by atoms with Crippen molar-refractivity contribution in [2.24, 2.45) is 5.84 Å². The van der Waals surface area contributed by atoms with Gasteiger partial charge in [-0.2, -0.15) is 0 Å². The fourth-order valence-corrected chi connectivity index (χ4v) is 1.82. The van der Waals surface area contributed by atoms with Gasteiger partial charge in [0.25, 0.3) is 0 Å². The maximum absolute atomic E-state index is 6.02. The van der Waals surface area contributed by atoms with Gasteiger partial charge in [0.1, 0.15) is 11.8 Å². The third kappa shape index (κ3) is 2.05. The summed E-state index contributed by atoms with van der Waals surface area (Å²) in [5, 5.41) is 1.55. The summed E-state index contributed by atoms with van der Waals surface area (Å²) in [6.45, 7) is 0.438. The molecule has 16 heavy (non-hydrogen) atoms. The molecule has 4 nitrogen and oxygen atoms in total. The Morgan fingerprint density at radius 1 is 1.56 bits per heavy atom. The molecule has 3 N–H and O–H groups in total. The molecule has 0 aliphatic heterocycles. The molecule has 2 rings (SSSR count). The molecule has 0 saturated heterocycles. The van der Waals surface area contributed by atoms with Gasteiger partial charge in [-0.15, -0.1) is 0 Å². The lowest BCUT2D eigenvalue weighted by Crippen LogP contribution is -2.30. The monoisotopic (exact) mass is 240 g/mol. The van der Waals surface area contributed by atoms with Crippen molar-refractivity contribution in [2.75, 3.05) is 13.7 Å². The molecule has 0 radical (unpaired) electrons. The number of furan rings is 1. The summed E-state index contributed by atoms with van der Waals surface area (Å²) in [4.78, 5) is 0. The Hall–Kier alpha value is -1.07. The van der Waals surface area contributed by atoms with Crippen molar-refractivity contribution in [3.05, 3.63) is 35.0 Å². The second kappa shape index (κ2) is 4.84. The molecule has 0 amide bonds. The number of nitrogens with one attached hydrogen (secondary N) is 1. The molecule has 0 spiro atoms. The van der Waals surface area contributed by atoms with Gasteiger partial charge >= 0.3 is 0 Å². The molecule has 0 fully saturated rings. The van der Waals surface area contributed by atoms with Crippen LogP contribution in [0.1, 0.15) is 11.8 Å². The number of nitrogens with two attached hydrogens (primary N) is 1. The van der Waals surface area contributed by atoms with Crippen molar-refractivity contribution < 1.29 is 9.15 Å². The minimum atomic E-state index is -0.173. The quantitative estimate of drug-likeness (QED) is 0.636. The predicted octanol–water partition coefficient (Wildman–Crippen LogP) is 2.24. The van der Waals surface area contributed by atoms with Crippen LogP contribution in [0.4, 0.5) is 0 Å². The van der Waals surface area contributed by atoms with Crippen LogP contribution in [0.5, 0.6) is 0 Å². The Kier molecular flexibility index (Phi) is 3.46. The van der Waals surface area contributed by atoms with Crippen molar-refractivity contribution in [3.8, 4) is 0 Å². The fourth-order valence-electron chi connectivity index (χ4n) is 1.60. The minimum absolute atomic E-state index is 0.173. The molecule has 1 atom stereocenters. The van der Waals surface area contributed by atoms with Crippen LogP contribution >= 0.6 is 11.6 Å². The van der Waals surface area contributed by atoms with E-state index < -0.39 is 0 Å². The third-order valence-electron chi connectivity index (χ3n) is 2.39. The van der Waals surface area contributed by atoms with Crippen LogP contribution in [0.15, 0.2) is 28.7 Å². The number of para-hydroxylation sites is 1. The molecule has 86 valence electrons.